The Balaban J connectivity index is 1.83. The molecular weight excluding hydrogens is 364 g/mol. The molecule has 3 aromatic heterocycles. The van der Waals surface area contributed by atoms with E-state index >= 15 is 0 Å². The number of likely N-dealkylation sites (tertiary alicyclic amines) is 1. The first-order valence-corrected chi connectivity index (χ1v) is 9.65. The van der Waals surface area contributed by atoms with Crippen molar-refractivity contribution in [1.29, 1.82) is 0 Å². The van der Waals surface area contributed by atoms with E-state index in [4.69, 9.17) is 4.98 Å². The summed E-state index contributed by atoms with van der Waals surface area (Å²) in [5.41, 5.74) is 2.66. The molecule has 1 N–H and O–H groups in total. The highest BCUT2D eigenvalue weighted by atomic mass is 32.1. The second-order valence-electron chi connectivity index (χ2n) is 7.07. The van der Waals surface area contributed by atoms with Crippen LogP contribution in [0.4, 0.5) is 0 Å². The number of aryl methyl sites for hydroxylation is 2. The average Bonchev–Trinajstić information content (AvgIpc) is 3.34. The largest absolute Gasteiger partial charge is 0.481 e. The van der Waals surface area contributed by atoms with Gasteiger partial charge in [-0.05, 0) is 30.4 Å². The summed E-state index contributed by atoms with van der Waals surface area (Å²) in [6, 6.07) is 5.72. The predicted molar refractivity (Wildman–Crippen MR) is 103 cm³/mol. The minimum absolute atomic E-state index is 0.0736. The summed E-state index contributed by atoms with van der Waals surface area (Å²) in [6.45, 7) is 4.40. The Hall–Kier alpha value is -2.74. The number of thiophene rings is 1. The molecule has 8 heteroatoms. The number of aromatic nitrogens is 3. The van der Waals surface area contributed by atoms with Crippen molar-refractivity contribution < 1.29 is 14.7 Å². The lowest BCUT2D eigenvalue weighted by atomic mass is 9.99. The Morgan fingerprint density at radius 2 is 2.11 bits per heavy atom. The smallest absolute Gasteiger partial charge is 0.308 e. The number of fused-ring (bicyclic) bond motifs is 1. The molecule has 3 aromatic rings. The van der Waals surface area contributed by atoms with Gasteiger partial charge in [-0.1, -0.05) is 13.0 Å². The molecule has 1 aliphatic rings. The summed E-state index contributed by atoms with van der Waals surface area (Å²) < 4.78 is 1.69. The molecule has 1 amide bonds. The van der Waals surface area contributed by atoms with E-state index in [1.807, 2.05) is 44.5 Å². The Morgan fingerprint density at radius 1 is 1.33 bits per heavy atom. The lowest BCUT2D eigenvalue weighted by molar-refractivity contribution is -0.142. The number of carboxylic acids is 1. The number of hydrogen-bond acceptors (Lipinski definition) is 5. The molecule has 7 nitrogen and oxygen atoms in total. The zero-order valence-corrected chi connectivity index (χ0v) is 16.2. The summed E-state index contributed by atoms with van der Waals surface area (Å²) >= 11 is 1.56. The van der Waals surface area contributed by atoms with Gasteiger partial charge in [-0.25, -0.2) is 4.98 Å². The number of rotatable bonds is 3. The van der Waals surface area contributed by atoms with Gasteiger partial charge in [-0.15, -0.1) is 11.3 Å². The molecule has 4 rings (SSSR count). The van der Waals surface area contributed by atoms with Crippen LogP contribution in [-0.2, 0) is 11.8 Å². The summed E-state index contributed by atoms with van der Waals surface area (Å²) in [5.74, 6) is -1.62. The van der Waals surface area contributed by atoms with Crippen molar-refractivity contribution in [2.24, 2.45) is 18.9 Å². The van der Waals surface area contributed by atoms with Gasteiger partial charge >= 0.3 is 5.97 Å². The summed E-state index contributed by atoms with van der Waals surface area (Å²) in [6.07, 6.45) is 0. The summed E-state index contributed by atoms with van der Waals surface area (Å²) in [5, 5.41) is 16.5. The third kappa shape index (κ3) is 2.90. The van der Waals surface area contributed by atoms with Gasteiger partial charge in [0.05, 0.1) is 33.1 Å². The van der Waals surface area contributed by atoms with Crippen molar-refractivity contribution in [3.63, 3.8) is 0 Å². The summed E-state index contributed by atoms with van der Waals surface area (Å²) in [7, 11) is 1.81. The van der Waals surface area contributed by atoms with Crippen molar-refractivity contribution in [1.82, 2.24) is 19.7 Å². The van der Waals surface area contributed by atoms with Gasteiger partial charge in [0.2, 0.25) is 0 Å². The van der Waals surface area contributed by atoms with Crippen molar-refractivity contribution in [3.05, 3.63) is 34.8 Å². The van der Waals surface area contributed by atoms with E-state index in [1.54, 1.807) is 20.9 Å². The van der Waals surface area contributed by atoms with Crippen LogP contribution in [-0.4, -0.2) is 49.7 Å². The standard InChI is InChI=1S/C19H20N4O3S/c1-10-8-23(9-13(10)19(25)26)18(24)12-7-14(15-5-4-6-27-15)20-17-16(12)11(2)21-22(17)3/h4-7,10,13H,8-9H2,1-3H3,(H,25,26)/t10-,13-/m1/s1. The van der Waals surface area contributed by atoms with E-state index in [2.05, 4.69) is 5.10 Å². The van der Waals surface area contributed by atoms with Crippen molar-refractivity contribution in [2.45, 2.75) is 13.8 Å². The molecule has 1 saturated heterocycles. The SMILES string of the molecule is Cc1nn(C)c2nc(-c3cccs3)cc(C(=O)N3C[C@@H](C)[C@H](C(=O)O)C3)c12. The maximum absolute atomic E-state index is 13.3. The van der Waals surface area contributed by atoms with E-state index in [0.717, 1.165) is 21.7 Å². The van der Waals surface area contributed by atoms with Crippen LogP contribution in [0.1, 0.15) is 23.0 Å². The fourth-order valence-electron chi connectivity index (χ4n) is 3.79. The monoisotopic (exact) mass is 384 g/mol. The molecule has 0 saturated carbocycles. The maximum Gasteiger partial charge on any atom is 0.308 e. The van der Waals surface area contributed by atoms with Gasteiger partial charge in [0.25, 0.3) is 5.91 Å². The second kappa shape index (κ2) is 6.45. The first-order chi connectivity index (χ1) is 12.9. The Kier molecular flexibility index (Phi) is 4.22. The molecule has 1 fully saturated rings. The lowest BCUT2D eigenvalue weighted by Gasteiger charge is -2.17. The third-order valence-corrected chi connectivity index (χ3v) is 6.08. The number of aliphatic carboxylic acids is 1. The number of carboxylic acid groups (broad SMARTS) is 1. The zero-order valence-electron chi connectivity index (χ0n) is 15.3. The van der Waals surface area contributed by atoms with E-state index in [-0.39, 0.29) is 18.4 Å². The van der Waals surface area contributed by atoms with Crippen molar-refractivity contribution >= 4 is 34.2 Å². The molecule has 1 aliphatic heterocycles. The van der Waals surface area contributed by atoms with Crippen LogP contribution in [0.2, 0.25) is 0 Å². The zero-order chi connectivity index (χ0) is 19.3. The highest BCUT2D eigenvalue weighted by Gasteiger charge is 2.38. The molecule has 4 heterocycles. The lowest BCUT2D eigenvalue weighted by Crippen LogP contribution is -2.30. The number of carbonyl (C=O) groups is 2. The number of amides is 1. The van der Waals surface area contributed by atoms with Crippen molar-refractivity contribution in [3.8, 4) is 10.6 Å². The summed E-state index contributed by atoms with van der Waals surface area (Å²) in [4.78, 5) is 32.1. The average molecular weight is 384 g/mol. The molecule has 0 spiro atoms. The molecule has 140 valence electrons. The molecule has 0 aromatic carbocycles. The predicted octanol–water partition coefficient (Wildman–Crippen LogP) is 2.80. The van der Waals surface area contributed by atoms with Gasteiger partial charge in [0.1, 0.15) is 0 Å². The van der Waals surface area contributed by atoms with E-state index in [0.29, 0.717) is 17.8 Å². The normalized spacial score (nSPS) is 19.7. The van der Waals surface area contributed by atoms with Crippen LogP contribution in [0.5, 0.6) is 0 Å². The molecule has 0 unspecified atom stereocenters. The van der Waals surface area contributed by atoms with E-state index in [1.165, 1.54) is 0 Å². The van der Waals surface area contributed by atoms with Gasteiger partial charge < -0.3 is 10.0 Å². The van der Waals surface area contributed by atoms with Crippen molar-refractivity contribution in [2.75, 3.05) is 13.1 Å². The van der Waals surface area contributed by atoms with Gasteiger partial charge in [0, 0.05) is 20.1 Å². The van der Waals surface area contributed by atoms with Crippen LogP contribution in [0, 0.1) is 18.8 Å². The fourth-order valence-corrected chi connectivity index (χ4v) is 4.47. The fraction of sp³-hybridized carbons (Fsp3) is 0.368. The first-order valence-electron chi connectivity index (χ1n) is 8.77. The van der Waals surface area contributed by atoms with Crippen LogP contribution in [0.25, 0.3) is 21.6 Å². The Morgan fingerprint density at radius 3 is 2.74 bits per heavy atom. The molecule has 27 heavy (non-hydrogen) atoms. The van der Waals surface area contributed by atoms with Crippen LogP contribution < -0.4 is 0 Å². The minimum atomic E-state index is -0.852. The highest BCUT2D eigenvalue weighted by molar-refractivity contribution is 7.13. The molecule has 2 atom stereocenters. The van der Waals surface area contributed by atoms with Gasteiger partial charge in [-0.2, -0.15) is 5.10 Å². The van der Waals surface area contributed by atoms with Crippen LogP contribution in [0.15, 0.2) is 23.6 Å². The molecule has 0 aliphatic carbocycles. The Bertz CT molecular complexity index is 1040. The highest BCUT2D eigenvalue weighted by Crippen LogP contribution is 2.32. The topological polar surface area (TPSA) is 88.3 Å². The Labute approximate surface area is 160 Å². The first kappa shape index (κ1) is 17.7. The second-order valence-corrected chi connectivity index (χ2v) is 8.02. The van der Waals surface area contributed by atoms with Crippen LogP contribution in [0.3, 0.4) is 0 Å². The minimum Gasteiger partial charge on any atom is -0.481 e. The number of hydrogen-bond donors (Lipinski definition) is 1. The van der Waals surface area contributed by atoms with Gasteiger partial charge in [-0.3, -0.25) is 14.3 Å². The number of carbonyl (C=O) groups excluding carboxylic acids is 1. The maximum atomic E-state index is 13.3. The number of pyridine rings is 1. The molecule has 0 bridgehead atoms. The van der Waals surface area contributed by atoms with Gasteiger partial charge in [0.15, 0.2) is 5.65 Å². The van der Waals surface area contributed by atoms with Crippen LogP contribution >= 0.6 is 11.3 Å². The quantitative estimate of drug-likeness (QED) is 0.750. The number of nitrogens with zero attached hydrogens (tertiary/aromatic N) is 4. The molecular formula is C19H20N4O3S. The van der Waals surface area contributed by atoms with E-state index < -0.39 is 11.9 Å². The third-order valence-electron chi connectivity index (χ3n) is 5.19. The van der Waals surface area contributed by atoms with E-state index in [9.17, 15) is 14.7 Å². The molecule has 0 radical (unpaired) electrons.